The summed E-state index contributed by atoms with van der Waals surface area (Å²) in [6, 6.07) is 0. The van der Waals surface area contributed by atoms with E-state index < -0.39 is 0 Å². The minimum Gasteiger partial charge on any atom is -0.379 e. The molecule has 0 amide bonds. The fourth-order valence-corrected chi connectivity index (χ4v) is 2.42. The summed E-state index contributed by atoms with van der Waals surface area (Å²) in [5, 5.41) is 0. The Kier molecular flexibility index (Phi) is 4.38. The first-order chi connectivity index (χ1) is 7.38. The topological polar surface area (TPSA) is 41.7 Å². The van der Waals surface area contributed by atoms with E-state index in [1.165, 1.54) is 32.6 Å². The van der Waals surface area contributed by atoms with Gasteiger partial charge in [0, 0.05) is 32.7 Å². The highest BCUT2D eigenvalue weighted by Gasteiger charge is 2.21. The van der Waals surface area contributed by atoms with Gasteiger partial charge >= 0.3 is 0 Å². The van der Waals surface area contributed by atoms with E-state index in [0.717, 1.165) is 38.8 Å². The van der Waals surface area contributed by atoms with E-state index in [-0.39, 0.29) is 0 Å². The van der Waals surface area contributed by atoms with Crippen molar-refractivity contribution in [2.45, 2.75) is 6.42 Å². The van der Waals surface area contributed by atoms with Crippen molar-refractivity contribution in [2.75, 3.05) is 59.0 Å². The monoisotopic (exact) mass is 213 g/mol. The first-order valence-corrected chi connectivity index (χ1v) is 6.11. The average molecular weight is 213 g/mol. The molecule has 2 rings (SSSR count). The van der Waals surface area contributed by atoms with Crippen molar-refractivity contribution in [1.29, 1.82) is 0 Å². The fourth-order valence-electron chi connectivity index (χ4n) is 2.42. The third-order valence-corrected chi connectivity index (χ3v) is 3.54. The number of nitrogens with two attached hydrogens (primary N) is 1. The van der Waals surface area contributed by atoms with E-state index in [4.69, 9.17) is 10.5 Å². The third-order valence-electron chi connectivity index (χ3n) is 3.54. The van der Waals surface area contributed by atoms with Gasteiger partial charge in [-0.25, -0.2) is 0 Å². The summed E-state index contributed by atoms with van der Waals surface area (Å²) >= 11 is 0. The molecular formula is C11H23N3O. The second-order valence-electron chi connectivity index (χ2n) is 4.65. The van der Waals surface area contributed by atoms with Gasteiger partial charge in [0.05, 0.1) is 13.2 Å². The maximum atomic E-state index is 5.68. The Labute approximate surface area is 92.4 Å². The zero-order valence-electron chi connectivity index (χ0n) is 9.53. The van der Waals surface area contributed by atoms with Crippen LogP contribution in [0.15, 0.2) is 0 Å². The molecule has 0 spiro atoms. The predicted molar refractivity (Wildman–Crippen MR) is 60.9 cm³/mol. The Morgan fingerprint density at radius 2 is 1.80 bits per heavy atom. The molecule has 0 radical (unpaired) electrons. The van der Waals surface area contributed by atoms with Crippen molar-refractivity contribution in [3.8, 4) is 0 Å². The van der Waals surface area contributed by atoms with Crippen molar-refractivity contribution in [2.24, 2.45) is 11.7 Å². The lowest BCUT2D eigenvalue weighted by molar-refractivity contribution is 0.0343. The van der Waals surface area contributed by atoms with E-state index in [2.05, 4.69) is 9.80 Å². The summed E-state index contributed by atoms with van der Waals surface area (Å²) in [5.41, 5.74) is 5.68. The molecule has 88 valence electrons. The molecule has 2 saturated heterocycles. The Morgan fingerprint density at radius 1 is 1.07 bits per heavy atom. The van der Waals surface area contributed by atoms with Crippen LogP contribution in [0, 0.1) is 5.92 Å². The minimum absolute atomic E-state index is 0.745. The van der Waals surface area contributed by atoms with Gasteiger partial charge in [-0.1, -0.05) is 0 Å². The molecule has 0 aliphatic carbocycles. The van der Waals surface area contributed by atoms with Crippen LogP contribution in [0.2, 0.25) is 0 Å². The first kappa shape index (κ1) is 11.3. The molecule has 4 nitrogen and oxygen atoms in total. The zero-order chi connectivity index (χ0) is 10.5. The maximum absolute atomic E-state index is 5.68. The summed E-state index contributed by atoms with van der Waals surface area (Å²) in [6.07, 6.45) is 1.29. The lowest BCUT2D eigenvalue weighted by Gasteiger charge is -2.28. The predicted octanol–water partition coefficient (Wildman–Crippen LogP) is -0.401. The van der Waals surface area contributed by atoms with Gasteiger partial charge in [-0.05, 0) is 25.4 Å². The van der Waals surface area contributed by atoms with Crippen LogP contribution >= 0.6 is 0 Å². The van der Waals surface area contributed by atoms with Crippen LogP contribution < -0.4 is 5.73 Å². The molecule has 2 aliphatic rings. The lowest BCUT2D eigenvalue weighted by Crippen LogP contribution is -2.41. The molecule has 2 aliphatic heterocycles. The van der Waals surface area contributed by atoms with Crippen LogP contribution in [0.4, 0.5) is 0 Å². The second kappa shape index (κ2) is 5.80. The van der Waals surface area contributed by atoms with Gasteiger partial charge in [-0.15, -0.1) is 0 Å². The third kappa shape index (κ3) is 3.41. The lowest BCUT2D eigenvalue weighted by atomic mass is 10.1. The molecule has 0 unspecified atom stereocenters. The number of nitrogens with zero attached hydrogens (tertiary/aromatic N) is 2. The van der Waals surface area contributed by atoms with Crippen molar-refractivity contribution >= 4 is 0 Å². The van der Waals surface area contributed by atoms with Crippen LogP contribution in [-0.2, 0) is 4.74 Å². The molecule has 2 N–H and O–H groups in total. The molecule has 0 saturated carbocycles. The second-order valence-corrected chi connectivity index (χ2v) is 4.65. The highest BCUT2D eigenvalue weighted by Crippen LogP contribution is 2.14. The van der Waals surface area contributed by atoms with Gasteiger partial charge in [0.25, 0.3) is 0 Å². The Hall–Kier alpha value is -0.160. The zero-order valence-corrected chi connectivity index (χ0v) is 9.53. The van der Waals surface area contributed by atoms with Crippen molar-refractivity contribution in [3.63, 3.8) is 0 Å². The van der Waals surface area contributed by atoms with E-state index >= 15 is 0 Å². The van der Waals surface area contributed by atoms with Gasteiger partial charge in [-0.3, -0.25) is 4.90 Å². The molecule has 4 heteroatoms. The van der Waals surface area contributed by atoms with Crippen LogP contribution in [0.25, 0.3) is 0 Å². The number of likely N-dealkylation sites (tertiary alicyclic amines) is 1. The van der Waals surface area contributed by atoms with Crippen LogP contribution in [-0.4, -0.2) is 68.8 Å². The SMILES string of the molecule is NC[C@@H]1CCN(CCN2CCOCC2)C1. The molecule has 0 aromatic heterocycles. The van der Waals surface area contributed by atoms with Gasteiger partial charge in [0.15, 0.2) is 0 Å². The fraction of sp³-hybridized carbons (Fsp3) is 1.00. The molecular weight excluding hydrogens is 190 g/mol. The van der Waals surface area contributed by atoms with Crippen molar-refractivity contribution < 1.29 is 4.74 Å². The minimum atomic E-state index is 0.745. The normalized spacial score (nSPS) is 29.8. The van der Waals surface area contributed by atoms with Gasteiger partial charge < -0.3 is 15.4 Å². The first-order valence-electron chi connectivity index (χ1n) is 6.11. The van der Waals surface area contributed by atoms with Crippen molar-refractivity contribution in [1.82, 2.24) is 9.80 Å². The average Bonchev–Trinajstić information content (AvgIpc) is 2.76. The smallest absolute Gasteiger partial charge is 0.0594 e. The summed E-state index contributed by atoms with van der Waals surface area (Å²) in [7, 11) is 0. The van der Waals surface area contributed by atoms with Crippen LogP contribution in [0.1, 0.15) is 6.42 Å². The largest absolute Gasteiger partial charge is 0.379 e. The van der Waals surface area contributed by atoms with Crippen molar-refractivity contribution in [3.05, 3.63) is 0 Å². The van der Waals surface area contributed by atoms with Gasteiger partial charge in [-0.2, -0.15) is 0 Å². The number of hydrogen-bond donors (Lipinski definition) is 1. The van der Waals surface area contributed by atoms with Gasteiger partial charge in [0.2, 0.25) is 0 Å². The van der Waals surface area contributed by atoms with E-state index in [1.54, 1.807) is 0 Å². The van der Waals surface area contributed by atoms with Crippen LogP contribution in [0.3, 0.4) is 0 Å². The van der Waals surface area contributed by atoms with Gasteiger partial charge in [0.1, 0.15) is 0 Å². The molecule has 1 atom stereocenters. The number of morpholine rings is 1. The highest BCUT2D eigenvalue weighted by molar-refractivity contribution is 4.77. The number of hydrogen-bond acceptors (Lipinski definition) is 4. The summed E-state index contributed by atoms with van der Waals surface area (Å²) < 4.78 is 5.33. The molecule has 0 aromatic carbocycles. The van der Waals surface area contributed by atoms with E-state index in [0.29, 0.717) is 0 Å². The molecule has 15 heavy (non-hydrogen) atoms. The summed E-state index contributed by atoms with van der Waals surface area (Å²) in [6.45, 7) is 9.73. The quantitative estimate of drug-likeness (QED) is 0.690. The molecule has 2 fully saturated rings. The van der Waals surface area contributed by atoms with E-state index in [9.17, 15) is 0 Å². The Balaban J connectivity index is 1.61. The number of ether oxygens (including phenoxy) is 1. The Bertz CT molecular complexity index is 183. The van der Waals surface area contributed by atoms with Crippen LogP contribution in [0.5, 0.6) is 0 Å². The standard InChI is InChI=1S/C11H23N3O/c12-9-11-1-2-14(10-11)4-3-13-5-7-15-8-6-13/h11H,1-10,12H2/t11-/m0/s1. The Morgan fingerprint density at radius 3 is 2.47 bits per heavy atom. The maximum Gasteiger partial charge on any atom is 0.0594 e. The number of rotatable bonds is 4. The molecule has 0 aromatic rings. The summed E-state index contributed by atoms with van der Waals surface area (Å²) in [5.74, 6) is 0.745. The van der Waals surface area contributed by atoms with E-state index in [1.807, 2.05) is 0 Å². The highest BCUT2D eigenvalue weighted by atomic mass is 16.5. The molecule has 0 bridgehead atoms. The molecule has 2 heterocycles. The summed E-state index contributed by atoms with van der Waals surface area (Å²) in [4.78, 5) is 5.05.